The van der Waals surface area contributed by atoms with Gasteiger partial charge in [0.05, 0.1) is 28.8 Å². The number of nitrogens with zero attached hydrogens (tertiary/aromatic N) is 2. The van der Waals surface area contributed by atoms with Crippen LogP contribution in [-0.2, 0) is 0 Å². The number of hydrogen-bond donors (Lipinski definition) is 2. The van der Waals surface area contributed by atoms with E-state index in [4.69, 9.17) is 4.99 Å². The van der Waals surface area contributed by atoms with Crippen molar-refractivity contribution in [1.82, 2.24) is 10.2 Å². The summed E-state index contributed by atoms with van der Waals surface area (Å²) in [6.07, 6.45) is 3.78. The van der Waals surface area contributed by atoms with Gasteiger partial charge in [-0.2, -0.15) is 5.10 Å². The van der Waals surface area contributed by atoms with Crippen LogP contribution < -0.4 is 5.32 Å². The molecule has 4 heteroatoms. The Morgan fingerprint density at radius 2 is 1.86 bits per heavy atom. The molecule has 0 bridgehead atoms. The number of fused-ring (bicyclic) bond motifs is 3. The van der Waals surface area contributed by atoms with Crippen LogP contribution in [0.25, 0.3) is 10.9 Å². The van der Waals surface area contributed by atoms with Gasteiger partial charge in [0.2, 0.25) is 0 Å². The SMILES string of the molecule is CC1=CNc2c(ccc3[nH]ncc23)C(c2ccccc2)=N1. The van der Waals surface area contributed by atoms with Crippen LogP contribution in [0, 0.1) is 0 Å². The van der Waals surface area contributed by atoms with E-state index in [0.29, 0.717) is 0 Å². The van der Waals surface area contributed by atoms with E-state index in [9.17, 15) is 0 Å². The smallest absolute Gasteiger partial charge is 0.0799 e. The summed E-state index contributed by atoms with van der Waals surface area (Å²) >= 11 is 0. The van der Waals surface area contributed by atoms with Crippen molar-refractivity contribution in [2.24, 2.45) is 4.99 Å². The standard InChI is InChI=1S/C17H14N4/c1-11-9-18-17-13(7-8-15-14(17)10-19-21-15)16(20-11)12-5-3-2-4-6-12/h2-10,18H,1H3,(H,19,21). The van der Waals surface area contributed by atoms with Crippen molar-refractivity contribution in [2.45, 2.75) is 6.92 Å². The number of aromatic nitrogens is 2. The summed E-state index contributed by atoms with van der Waals surface area (Å²) in [5.74, 6) is 0. The molecule has 0 unspecified atom stereocenters. The lowest BCUT2D eigenvalue weighted by atomic mass is 9.99. The molecule has 0 spiro atoms. The number of benzene rings is 2. The molecule has 2 N–H and O–H groups in total. The third kappa shape index (κ3) is 1.92. The van der Waals surface area contributed by atoms with Gasteiger partial charge >= 0.3 is 0 Å². The fraction of sp³-hybridized carbons (Fsp3) is 0.0588. The molecule has 2 aromatic carbocycles. The van der Waals surface area contributed by atoms with E-state index >= 15 is 0 Å². The highest BCUT2D eigenvalue weighted by Gasteiger charge is 2.17. The third-order valence-corrected chi connectivity index (χ3v) is 3.64. The maximum atomic E-state index is 4.76. The van der Waals surface area contributed by atoms with Gasteiger partial charge in [-0.3, -0.25) is 10.1 Å². The van der Waals surface area contributed by atoms with Gasteiger partial charge in [-0.15, -0.1) is 0 Å². The van der Waals surface area contributed by atoms with Crippen molar-refractivity contribution in [1.29, 1.82) is 0 Å². The van der Waals surface area contributed by atoms with Gasteiger partial charge in [0, 0.05) is 22.7 Å². The molecule has 0 fully saturated rings. The van der Waals surface area contributed by atoms with Crippen LogP contribution in [0.4, 0.5) is 5.69 Å². The highest BCUT2D eigenvalue weighted by atomic mass is 15.1. The van der Waals surface area contributed by atoms with E-state index in [0.717, 1.165) is 39.1 Å². The summed E-state index contributed by atoms with van der Waals surface area (Å²) < 4.78 is 0. The third-order valence-electron chi connectivity index (χ3n) is 3.64. The second kappa shape index (κ2) is 4.59. The quantitative estimate of drug-likeness (QED) is 0.711. The maximum Gasteiger partial charge on any atom is 0.0799 e. The molecule has 0 amide bonds. The second-order valence-corrected chi connectivity index (χ2v) is 5.08. The van der Waals surface area contributed by atoms with Gasteiger partial charge in [-0.1, -0.05) is 30.3 Å². The molecule has 4 rings (SSSR count). The lowest BCUT2D eigenvalue weighted by Gasteiger charge is -2.11. The Bertz CT molecular complexity index is 872. The van der Waals surface area contributed by atoms with E-state index in [-0.39, 0.29) is 0 Å². The number of nitrogens with one attached hydrogen (secondary N) is 2. The Morgan fingerprint density at radius 1 is 1.00 bits per heavy atom. The van der Waals surface area contributed by atoms with E-state index in [2.05, 4.69) is 33.7 Å². The molecular weight excluding hydrogens is 260 g/mol. The number of aliphatic imine (C=N–C) groups is 1. The summed E-state index contributed by atoms with van der Waals surface area (Å²) in [5, 5.41) is 11.6. The van der Waals surface area contributed by atoms with Crippen LogP contribution in [0.2, 0.25) is 0 Å². The van der Waals surface area contributed by atoms with Gasteiger partial charge in [0.1, 0.15) is 0 Å². The number of rotatable bonds is 1. The monoisotopic (exact) mass is 274 g/mol. The average Bonchev–Trinajstić information content (AvgIpc) is 2.93. The second-order valence-electron chi connectivity index (χ2n) is 5.08. The summed E-state index contributed by atoms with van der Waals surface area (Å²) in [6.45, 7) is 1.99. The van der Waals surface area contributed by atoms with Crippen molar-refractivity contribution in [3.63, 3.8) is 0 Å². The molecule has 1 aliphatic heterocycles. The molecule has 1 aromatic heterocycles. The topological polar surface area (TPSA) is 53.1 Å². The van der Waals surface area contributed by atoms with Crippen molar-refractivity contribution in [2.75, 3.05) is 5.32 Å². The number of H-pyrrole nitrogens is 1. The number of anilines is 1. The van der Waals surface area contributed by atoms with Crippen molar-refractivity contribution >= 4 is 22.3 Å². The fourth-order valence-electron chi connectivity index (χ4n) is 2.63. The molecule has 0 saturated carbocycles. The molecular formula is C17H14N4. The van der Waals surface area contributed by atoms with Gasteiger partial charge in [-0.05, 0) is 19.1 Å². The normalized spacial score (nSPS) is 14.0. The fourth-order valence-corrected chi connectivity index (χ4v) is 2.63. The largest absolute Gasteiger partial charge is 0.359 e. The van der Waals surface area contributed by atoms with Crippen LogP contribution in [0.5, 0.6) is 0 Å². The first-order valence-electron chi connectivity index (χ1n) is 6.87. The number of aromatic amines is 1. The molecule has 21 heavy (non-hydrogen) atoms. The zero-order valence-electron chi connectivity index (χ0n) is 11.6. The van der Waals surface area contributed by atoms with E-state index in [1.807, 2.05) is 43.6 Å². The Balaban J connectivity index is 2.02. The molecule has 4 nitrogen and oxygen atoms in total. The molecule has 102 valence electrons. The van der Waals surface area contributed by atoms with Gasteiger partial charge in [0.25, 0.3) is 0 Å². The minimum Gasteiger partial charge on any atom is -0.359 e. The predicted molar refractivity (Wildman–Crippen MR) is 85.6 cm³/mol. The van der Waals surface area contributed by atoms with Crippen molar-refractivity contribution in [3.05, 3.63) is 71.7 Å². The van der Waals surface area contributed by atoms with Crippen molar-refractivity contribution < 1.29 is 0 Å². The van der Waals surface area contributed by atoms with E-state index in [1.54, 1.807) is 0 Å². The number of hydrogen-bond acceptors (Lipinski definition) is 3. The minimum absolute atomic E-state index is 0.946. The first-order chi connectivity index (χ1) is 10.3. The average molecular weight is 274 g/mol. The summed E-state index contributed by atoms with van der Waals surface area (Å²) in [6, 6.07) is 14.4. The predicted octanol–water partition coefficient (Wildman–Crippen LogP) is 3.69. The lowest BCUT2D eigenvalue weighted by Crippen LogP contribution is -2.05. The van der Waals surface area contributed by atoms with Gasteiger partial charge < -0.3 is 5.32 Å². The first kappa shape index (κ1) is 11.9. The Kier molecular flexibility index (Phi) is 2.60. The molecule has 3 aromatic rings. The van der Waals surface area contributed by atoms with Crippen LogP contribution in [0.15, 0.2) is 65.6 Å². The van der Waals surface area contributed by atoms with Crippen LogP contribution in [0.3, 0.4) is 0 Å². The molecule has 1 aliphatic rings. The molecule has 0 radical (unpaired) electrons. The Morgan fingerprint density at radius 3 is 2.71 bits per heavy atom. The minimum atomic E-state index is 0.946. The van der Waals surface area contributed by atoms with Gasteiger partial charge in [-0.25, -0.2) is 0 Å². The Hall–Kier alpha value is -2.88. The zero-order chi connectivity index (χ0) is 14.2. The zero-order valence-corrected chi connectivity index (χ0v) is 11.6. The molecule has 0 aliphatic carbocycles. The summed E-state index contributed by atoms with van der Waals surface area (Å²) in [4.78, 5) is 4.76. The van der Waals surface area contributed by atoms with Crippen molar-refractivity contribution in [3.8, 4) is 0 Å². The Labute approximate surface area is 122 Å². The number of allylic oxidation sites excluding steroid dienone is 1. The van der Waals surface area contributed by atoms with Crippen LogP contribution >= 0.6 is 0 Å². The van der Waals surface area contributed by atoms with E-state index in [1.165, 1.54) is 0 Å². The van der Waals surface area contributed by atoms with Crippen LogP contribution in [-0.4, -0.2) is 15.9 Å². The summed E-state index contributed by atoms with van der Waals surface area (Å²) in [5.41, 5.74) is 6.18. The highest BCUT2D eigenvalue weighted by molar-refractivity contribution is 6.19. The van der Waals surface area contributed by atoms with E-state index < -0.39 is 0 Å². The van der Waals surface area contributed by atoms with Gasteiger partial charge in [0.15, 0.2) is 0 Å². The molecule has 0 saturated heterocycles. The highest BCUT2D eigenvalue weighted by Crippen LogP contribution is 2.30. The first-order valence-corrected chi connectivity index (χ1v) is 6.87. The maximum absolute atomic E-state index is 4.76. The summed E-state index contributed by atoms with van der Waals surface area (Å²) in [7, 11) is 0. The van der Waals surface area contributed by atoms with Crippen LogP contribution in [0.1, 0.15) is 18.1 Å². The lowest BCUT2D eigenvalue weighted by molar-refractivity contribution is 1.12. The molecule has 0 atom stereocenters. The molecule has 2 heterocycles.